The molecule has 1 fully saturated rings. The zero-order valence-corrected chi connectivity index (χ0v) is 28.6. The van der Waals surface area contributed by atoms with Crippen LogP contribution in [0, 0.1) is 17.8 Å². The molecular formula is C37H66O8. The van der Waals surface area contributed by atoms with Crippen LogP contribution in [0.25, 0.3) is 0 Å². The summed E-state index contributed by atoms with van der Waals surface area (Å²) in [5.74, 6) is -0.577. The molecule has 0 bridgehead atoms. The van der Waals surface area contributed by atoms with E-state index in [1.807, 2.05) is 6.08 Å². The van der Waals surface area contributed by atoms with E-state index in [1.165, 1.54) is 51.4 Å². The van der Waals surface area contributed by atoms with Gasteiger partial charge in [0.15, 0.2) is 6.10 Å². The Bertz CT molecular complexity index is 810. The lowest BCUT2D eigenvalue weighted by atomic mass is 9.89. The Balaban J connectivity index is 2.21. The lowest BCUT2D eigenvalue weighted by Gasteiger charge is -2.19. The average Bonchev–Trinajstić information content (AvgIpc) is 3.27. The second kappa shape index (κ2) is 26.3. The molecule has 1 aliphatic rings. The average molecular weight is 639 g/mol. The molecule has 262 valence electrons. The Morgan fingerprint density at radius 2 is 1.44 bits per heavy atom. The molecule has 0 unspecified atom stereocenters. The molecular weight excluding hydrogens is 572 g/mol. The van der Waals surface area contributed by atoms with Gasteiger partial charge in [0, 0.05) is 18.8 Å². The van der Waals surface area contributed by atoms with E-state index in [0.29, 0.717) is 19.3 Å². The van der Waals surface area contributed by atoms with Gasteiger partial charge in [-0.25, -0.2) is 0 Å². The SMILES string of the molecule is CCCCC[C@@H](O)/C=C/[C@@H]1[C@H](C/C=C\CC(=O)O[C@@H](CO)COC(=O)CCCCCCCCCCCCC(C)C)[C@@H](O)C[C@H]1O. The minimum Gasteiger partial charge on any atom is -0.462 e. The van der Waals surface area contributed by atoms with Gasteiger partial charge < -0.3 is 29.9 Å². The highest BCUT2D eigenvalue weighted by atomic mass is 16.6. The van der Waals surface area contributed by atoms with Gasteiger partial charge >= 0.3 is 11.9 Å². The van der Waals surface area contributed by atoms with Crippen molar-refractivity contribution < 1.29 is 39.5 Å². The summed E-state index contributed by atoms with van der Waals surface area (Å²) < 4.78 is 10.5. The zero-order valence-electron chi connectivity index (χ0n) is 28.6. The van der Waals surface area contributed by atoms with E-state index in [1.54, 1.807) is 18.2 Å². The van der Waals surface area contributed by atoms with Crippen molar-refractivity contribution in [2.24, 2.45) is 17.8 Å². The summed E-state index contributed by atoms with van der Waals surface area (Å²) in [5, 5.41) is 40.6. The Morgan fingerprint density at radius 3 is 2.07 bits per heavy atom. The zero-order chi connectivity index (χ0) is 33.3. The Labute approximate surface area is 273 Å². The third-order valence-electron chi connectivity index (χ3n) is 8.78. The van der Waals surface area contributed by atoms with Crippen LogP contribution >= 0.6 is 0 Å². The van der Waals surface area contributed by atoms with E-state index in [0.717, 1.165) is 44.4 Å². The van der Waals surface area contributed by atoms with Crippen molar-refractivity contribution in [3.05, 3.63) is 24.3 Å². The third-order valence-corrected chi connectivity index (χ3v) is 8.78. The number of esters is 2. The minimum absolute atomic E-state index is 0.0232. The first-order valence-corrected chi connectivity index (χ1v) is 18.0. The molecule has 0 aromatic heterocycles. The number of unbranched alkanes of at least 4 members (excludes halogenated alkanes) is 11. The number of allylic oxidation sites excluding steroid dienone is 1. The van der Waals surface area contributed by atoms with Crippen molar-refractivity contribution in [1.29, 1.82) is 0 Å². The summed E-state index contributed by atoms with van der Waals surface area (Å²) in [6.07, 6.45) is 22.2. The molecule has 6 atom stereocenters. The molecule has 0 spiro atoms. The summed E-state index contributed by atoms with van der Waals surface area (Å²) in [6, 6.07) is 0. The lowest BCUT2D eigenvalue weighted by Crippen LogP contribution is -2.28. The van der Waals surface area contributed by atoms with Crippen LogP contribution in [-0.2, 0) is 19.1 Å². The molecule has 1 rings (SSSR count). The van der Waals surface area contributed by atoms with Gasteiger partial charge in [-0.3, -0.25) is 9.59 Å². The molecule has 8 heteroatoms. The normalized spacial score (nSPS) is 21.6. The van der Waals surface area contributed by atoms with Crippen molar-refractivity contribution >= 4 is 11.9 Å². The van der Waals surface area contributed by atoms with Gasteiger partial charge in [0.05, 0.1) is 31.3 Å². The first-order valence-electron chi connectivity index (χ1n) is 18.0. The number of carbonyl (C=O) groups excluding carboxylic acids is 2. The molecule has 1 aliphatic carbocycles. The summed E-state index contributed by atoms with van der Waals surface area (Å²) in [7, 11) is 0. The molecule has 0 saturated heterocycles. The molecule has 0 aromatic carbocycles. The molecule has 8 nitrogen and oxygen atoms in total. The van der Waals surface area contributed by atoms with Gasteiger partial charge in [-0.05, 0) is 31.1 Å². The fraction of sp³-hybridized carbons (Fsp3) is 0.838. The minimum atomic E-state index is -0.912. The first-order chi connectivity index (χ1) is 21.7. The topological polar surface area (TPSA) is 134 Å². The van der Waals surface area contributed by atoms with Crippen LogP contribution < -0.4 is 0 Å². The third kappa shape index (κ3) is 20.9. The second-order valence-corrected chi connectivity index (χ2v) is 13.4. The predicted molar refractivity (Wildman–Crippen MR) is 179 cm³/mol. The molecule has 0 aliphatic heterocycles. The molecule has 0 aromatic rings. The van der Waals surface area contributed by atoms with Crippen molar-refractivity contribution in [3.8, 4) is 0 Å². The van der Waals surface area contributed by atoms with Crippen LogP contribution in [0.1, 0.15) is 143 Å². The maximum Gasteiger partial charge on any atom is 0.310 e. The smallest absolute Gasteiger partial charge is 0.310 e. The van der Waals surface area contributed by atoms with Crippen LogP contribution in [0.4, 0.5) is 0 Å². The fourth-order valence-corrected chi connectivity index (χ4v) is 5.95. The van der Waals surface area contributed by atoms with Crippen molar-refractivity contribution in [1.82, 2.24) is 0 Å². The number of aliphatic hydroxyl groups is 4. The summed E-state index contributed by atoms with van der Waals surface area (Å²) >= 11 is 0. The largest absolute Gasteiger partial charge is 0.462 e. The molecule has 1 saturated carbocycles. The summed E-state index contributed by atoms with van der Waals surface area (Å²) in [6.45, 7) is 6.06. The van der Waals surface area contributed by atoms with Crippen LogP contribution in [0.3, 0.4) is 0 Å². The lowest BCUT2D eigenvalue weighted by molar-refractivity contribution is -0.160. The van der Waals surface area contributed by atoms with E-state index in [9.17, 15) is 30.0 Å². The number of ether oxygens (including phenoxy) is 2. The molecule has 0 heterocycles. The monoisotopic (exact) mass is 638 g/mol. The quantitative estimate of drug-likeness (QED) is 0.0431. The number of carbonyl (C=O) groups is 2. The molecule has 0 radical (unpaired) electrons. The Hall–Kier alpha value is -1.74. The highest BCUT2D eigenvalue weighted by molar-refractivity contribution is 5.71. The highest BCUT2D eigenvalue weighted by Gasteiger charge is 2.39. The van der Waals surface area contributed by atoms with Gasteiger partial charge in [-0.2, -0.15) is 0 Å². The van der Waals surface area contributed by atoms with Gasteiger partial charge in [-0.15, -0.1) is 0 Å². The highest BCUT2D eigenvalue weighted by Crippen LogP contribution is 2.36. The number of rotatable bonds is 27. The molecule has 0 amide bonds. The van der Waals surface area contributed by atoms with Crippen LogP contribution in [0.2, 0.25) is 0 Å². The second-order valence-electron chi connectivity index (χ2n) is 13.4. The van der Waals surface area contributed by atoms with Gasteiger partial charge in [0.1, 0.15) is 6.61 Å². The maximum absolute atomic E-state index is 12.3. The number of hydrogen-bond acceptors (Lipinski definition) is 8. The summed E-state index contributed by atoms with van der Waals surface area (Å²) in [5.41, 5.74) is 0. The van der Waals surface area contributed by atoms with Crippen molar-refractivity contribution in [3.63, 3.8) is 0 Å². The Kier molecular flexibility index (Phi) is 24.2. The number of aliphatic hydroxyl groups excluding tert-OH is 4. The van der Waals surface area contributed by atoms with Crippen LogP contribution in [0.15, 0.2) is 24.3 Å². The van der Waals surface area contributed by atoms with E-state index >= 15 is 0 Å². The molecule has 45 heavy (non-hydrogen) atoms. The van der Waals surface area contributed by atoms with Gasteiger partial charge in [-0.1, -0.05) is 129 Å². The number of hydrogen-bond donors (Lipinski definition) is 4. The van der Waals surface area contributed by atoms with Crippen molar-refractivity contribution in [2.75, 3.05) is 13.2 Å². The van der Waals surface area contributed by atoms with Crippen molar-refractivity contribution in [2.45, 2.75) is 167 Å². The van der Waals surface area contributed by atoms with Gasteiger partial charge in [0.25, 0.3) is 0 Å². The standard InChI is InChI=1S/C37H66O8/c1-4-5-14-20-30(39)24-25-33-32(34(40)26-35(33)41)21-17-18-23-37(43)45-31(27-38)28-44-36(42)22-16-13-11-9-7-6-8-10-12-15-19-29(2)3/h17-18,24-25,29-35,38-41H,4-16,19-23,26-28H2,1-3H3/b18-17-,25-24+/t30-,31+,32+,33-,34+,35-/m1/s1. The molecule has 4 N–H and O–H groups in total. The van der Waals surface area contributed by atoms with E-state index in [-0.39, 0.29) is 37.3 Å². The van der Waals surface area contributed by atoms with Crippen LogP contribution in [0.5, 0.6) is 0 Å². The predicted octanol–water partition coefficient (Wildman–Crippen LogP) is 6.96. The Morgan fingerprint density at radius 1 is 0.822 bits per heavy atom. The first kappa shape index (κ1) is 41.3. The maximum atomic E-state index is 12.3. The van der Waals surface area contributed by atoms with Crippen LogP contribution in [-0.4, -0.2) is 70.0 Å². The van der Waals surface area contributed by atoms with E-state index < -0.39 is 37.0 Å². The fourth-order valence-electron chi connectivity index (χ4n) is 5.95. The van der Waals surface area contributed by atoms with E-state index in [2.05, 4.69) is 20.8 Å². The van der Waals surface area contributed by atoms with E-state index in [4.69, 9.17) is 9.47 Å². The van der Waals surface area contributed by atoms with Gasteiger partial charge in [0.2, 0.25) is 0 Å². The summed E-state index contributed by atoms with van der Waals surface area (Å²) in [4.78, 5) is 24.4.